The highest BCUT2D eigenvalue weighted by molar-refractivity contribution is 7.99. The van der Waals surface area contributed by atoms with Crippen molar-refractivity contribution in [2.24, 2.45) is 0 Å². The van der Waals surface area contributed by atoms with Crippen molar-refractivity contribution in [1.82, 2.24) is 0 Å². The minimum absolute atomic E-state index is 0.0501. The number of aryl methyl sites for hydroxylation is 1. The highest BCUT2D eigenvalue weighted by Crippen LogP contribution is 2.35. The van der Waals surface area contributed by atoms with Crippen LogP contribution in [0.4, 0.5) is 0 Å². The van der Waals surface area contributed by atoms with Gasteiger partial charge < -0.3 is 5.11 Å². The molecule has 1 nitrogen and oxygen atoms in total. The zero-order valence-electron chi connectivity index (χ0n) is 9.48. The molecule has 0 atom stereocenters. The first kappa shape index (κ1) is 12.5. The van der Waals surface area contributed by atoms with Crippen molar-refractivity contribution >= 4 is 23.4 Å². The van der Waals surface area contributed by atoms with Gasteiger partial charge in [-0.15, -0.1) is 0 Å². The minimum Gasteiger partial charge on any atom is -0.392 e. The molecule has 0 radical (unpaired) electrons. The lowest BCUT2D eigenvalue weighted by Gasteiger charge is -2.09. The Labute approximate surface area is 110 Å². The van der Waals surface area contributed by atoms with Gasteiger partial charge in [-0.1, -0.05) is 53.2 Å². The maximum absolute atomic E-state index is 9.34. The maximum atomic E-state index is 9.34. The van der Waals surface area contributed by atoms with Gasteiger partial charge in [0.1, 0.15) is 0 Å². The Hall–Kier alpha value is -0.960. The van der Waals surface area contributed by atoms with Crippen molar-refractivity contribution in [2.45, 2.75) is 23.3 Å². The maximum Gasteiger partial charge on any atom is 0.0692 e. The fourth-order valence-corrected chi connectivity index (χ4v) is 2.77. The summed E-state index contributed by atoms with van der Waals surface area (Å²) in [5, 5.41) is 10.1. The van der Waals surface area contributed by atoms with Crippen molar-refractivity contribution in [1.29, 1.82) is 0 Å². The average molecular weight is 265 g/mol. The van der Waals surface area contributed by atoms with Gasteiger partial charge in [0.25, 0.3) is 0 Å². The molecule has 88 valence electrons. The molecular formula is C14H13ClOS. The van der Waals surface area contributed by atoms with Crippen LogP contribution in [0.1, 0.15) is 11.1 Å². The molecule has 0 amide bonds. The predicted octanol–water partition coefficient (Wildman–Crippen LogP) is 4.29. The lowest BCUT2D eigenvalue weighted by atomic mass is 10.1. The average Bonchev–Trinajstić information content (AvgIpc) is 2.34. The van der Waals surface area contributed by atoms with Gasteiger partial charge in [0.15, 0.2) is 0 Å². The summed E-state index contributed by atoms with van der Waals surface area (Å²) in [5.74, 6) is 0. The van der Waals surface area contributed by atoms with Gasteiger partial charge in [-0.3, -0.25) is 0 Å². The van der Waals surface area contributed by atoms with Crippen LogP contribution >= 0.6 is 23.4 Å². The Balaban J connectivity index is 2.33. The second-order valence-corrected chi connectivity index (χ2v) is 5.29. The Bertz CT molecular complexity index is 525. The third kappa shape index (κ3) is 3.03. The number of halogens is 1. The van der Waals surface area contributed by atoms with E-state index in [9.17, 15) is 5.11 Å². The third-order valence-electron chi connectivity index (χ3n) is 2.44. The van der Waals surface area contributed by atoms with Crippen molar-refractivity contribution in [3.8, 4) is 0 Å². The Morgan fingerprint density at radius 2 is 1.88 bits per heavy atom. The van der Waals surface area contributed by atoms with Crippen molar-refractivity contribution in [2.75, 3.05) is 0 Å². The molecule has 1 N–H and O–H groups in total. The van der Waals surface area contributed by atoms with Gasteiger partial charge in [0.05, 0.1) is 11.6 Å². The molecule has 0 aliphatic carbocycles. The van der Waals surface area contributed by atoms with E-state index in [1.165, 1.54) is 0 Å². The van der Waals surface area contributed by atoms with E-state index in [-0.39, 0.29) is 6.61 Å². The van der Waals surface area contributed by atoms with Crippen LogP contribution in [0.2, 0.25) is 5.02 Å². The van der Waals surface area contributed by atoms with E-state index in [0.29, 0.717) is 0 Å². The van der Waals surface area contributed by atoms with E-state index in [0.717, 1.165) is 25.9 Å². The molecule has 0 spiro atoms. The lowest BCUT2D eigenvalue weighted by Crippen LogP contribution is -1.89. The van der Waals surface area contributed by atoms with Gasteiger partial charge in [-0.2, -0.15) is 0 Å². The third-order valence-corrected chi connectivity index (χ3v) is 4.08. The molecule has 0 unspecified atom stereocenters. The molecule has 0 aromatic heterocycles. The summed E-state index contributed by atoms with van der Waals surface area (Å²) in [4.78, 5) is 2.05. The molecule has 2 aromatic rings. The van der Waals surface area contributed by atoms with Gasteiger partial charge in [0.2, 0.25) is 0 Å². The van der Waals surface area contributed by atoms with E-state index >= 15 is 0 Å². The summed E-state index contributed by atoms with van der Waals surface area (Å²) in [7, 11) is 0. The zero-order chi connectivity index (χ0) is 12.3. The molecule has 2 rings (SSSR count). The monoisotopic (exact) mass is 264 g/mol. The van der Waals surface area contributed by atoms with Crippen LogP contribution in [0, 0.1) is 6.92 Å². The van der Waals surface area contributed by atoms with Crippen molar-refractivity contribution < 1.29 is 5.11 Å². The first-order chi connectivity index (χ1) is 8.20. The van der Waals surface area contributed by atoms with Gasteiger partial charge in [-0.25, -0.2) is 0 Å². The van der Waals surface area contributed by atoms with E-state index < -0.39 is 0 Å². The first-order valence-electron chi connectivity index (χ1n) is 5.33. The van der Waals surface area contributed by atoms with Gasteiger partial charge in [0, 0.05) is 9.79 Å². The highest BCUT2D eigenvalue weighted by atomic mass is 35.5. The smallest absolute Gasteiger partial charge is 0.0692 e. The van der Waals surface area contributed by atoms with Gasteiger partial charge in [-0.05, 0) is 30.7 Å². The largest absolute Gasteiger partial charge is 0.392 e. The minimum atomic E-state index is 0.0501. The zero-order valence-corrected chi connectivity index (χ0v) is 11.1. The Kier molecular flexibility index (Phi) is 4.11. The molecule has 17 heavy (non-hydrogen) atoms. The molecule has 0 bridgehead atoms. The number of hydrogen-bond donors (Lipinski definition) is 1. The van der Waals surface area contributed by atoms with Crippen LogP contribution in [0.5, 0.6) is 0 Å². The van der Waals surface area contributed by atoms with Crippen LogP contribution in [-0.4, -0.2) is 5.11 Å². The Morgan fingerprint density at radius 1 is 1.12 bits per heavy atom. The van der Waals surface area contributed by atoms with Crippen molar-refractivity contribution in [3.63, 3.8) is 0 Å². The van der Waals surface area contributed by atoms with E-state index in [1.807, 2.05) is 49.4 Å². The van der Waals surface area contributed by atoms with Crippen LogP contribution in [-0.2, 0) is 6.61 Å². The summed E-state index contributed by atoms with van der Waals surface area (Å²) in [6.07, 6.45) is 0. The first-order valence-corrected chi connectivity index (χ1v) is 6.53. The highest BCUT2D eigenvalue weighted by Gasteiger charge is 2.06. The number of benzene rings is 2. The molecule has 0 fully saturated rings. The summed E-state index contributed by atoms with van der Waals surface area (Å²) < 4.78 is 0. The number of hydrogen-bond acceptors (Lipinski definition) is 2. The normalized spacial score (nSPS) is 10.5. The molecule has 0 heterocycles. The number of rotatable bonds is 3. The van der Waals surface area contributed by atoms with Crippen LogP contribution in [0.25, 0.3) is 0 Å². The molecular weight excluding hydrogens is 252 g/mol. The standard InChI is InChI=1S/C14H13ClOS/c1-10-6-7-13(11(8-10)9-16)17-14-5-3-2-4-12(14)15/h2-8,16H,9H2,1H3. The van der Waals surface area contributed by atoms with Crippen LogP contribution in [0.15, 0.2) is 52.3 Å². The molecule has 0 aliphatic heterocycles. The van der Waals surface area contributed by atoms with E-state index in [2.05, 4.69) is 0 Å². The quantitative estimate of drug-likeness (QED) is 0.892. The molecule has 2 aromatic carbocycles. The number of aliphatic hydroxyl groups is 1. The van der Waals surface area contributed by atoms with E-state index in [4.69, 9.17) is 11.6 Å². The fourth-order valence-electron chi connectivity index (χ4n) is 1.58. The number of aliphatic hydroxyl groups excluding tert-OH is 1. The fraction of sp³-hybridized carbons (Fsp3) is 0.143. The van der Waals surface area contributed by atoms with Crippen LogP contribution < -0.4 is 0 Å². The van der Waals surface area contributed by atoms with Crippen LogP contribution in [0.3, 0.4) is 0 Å². The SMILES string of the molecule is Cc1ccc(Sc2ccccc2Cl)c(CO)c1. The molecule has 0 aliphatic rings. The second-order valence-electron chi connectivity index (χ2n) is 3.80. The molecule has 3 heteroatoms. The van der Waals surface area contributed by atoms with Gasteiger partial charge >= 0.3 is 0 Å². The topological polar surface area (TPSA) is 20.2 Å². The summed E-state index contributed by atoms with van der Waals surface area (Å²) in [6.45, 7) is 2.07. The summed E-state index contributed by atoms with van der Waals surface area (Å²) in [6, 6.07) is 13.8. The molecule has 0 saturated carbocycles. The Morgan fingerprint density at radius 3 is 2.59 bits per heavy atom. The summed E-state index contributed by atoms with van der Waals surface area (Å²) in [5.41, 5.74) is 2.09. The second kappa shape index (κ2) is 5.58. The molecule has 0 saturated heterocycles. The summed E-state index contributed by atoms with van der Waals surface area (Å²) >= 11 is 7.70. The van der Waals surface area contributed by atoms with Crippen molar-refractivity contribution in [3.05, 3.63) is 58.6 Å². The van der Waals surface area contributed by atoms with E-state index in [1.54, 1.807) is 11.8 Å². The lowest BCUT2D eigenvalue weighted by molar-refractivity contribution is 0.279. The predicted molar refractivity (Wildman–Crippen MR) is 72.7 cm³/mol.